The van der Waals surface area contributed by atoms with Crippen molar-refractivity contribution in [3.05, 3.63) is 54.1 Å². The summed E-state index contributed by atoms with van der Waals surface area (Å²) in [6.45, 7) is 0. The van der Waals surface area contributed by atoms with Crippen molar-refractivity contribution in [2.75, 3.05) is 38.5 Å². The van der Waals surface area contributed by atoms with Crippen LogP contribution in [0, 0.1) is 0 Å². The number of fused-ring (bicyclic) bond motifs is 1. The number of aromatic nitrogens is 1. The Balaban J connectivity index is 1.32. The second-order valence-corrected chi connectivity index (χ2v) is 9.10. The van der Waals surface area contributed by atoms with Gasteiger partial charge >= 0.3 is 0 Å². The molecule has 2 aromatic carbocycles. The van der Waals surface area contributed by atoms with Crippen LogP contribution in [-0.2, 0) is 11.2 Å². The average Bonchev–Trinajstić information content (AvgIpc) is 2.84. The number of hydrogen-bond acceptors (Lipinski definition) is 6. The number of para-hydroxylation sites is 1. The van der Waals surface area contributed by atoms with Crippen molar-refractivity contribution in [1.29, 1.82) is 0 Å². The zero-order valence-corrected chi connectivity index (χ0v) is 20.4. The second-order valence-electron chi connectivity index (χ2n) is 9.10. The van der Waals surface area contributed by atoms with Gasteiger partial charge in [0.25, 0.3) is 0 Å². The minimum atomic E-state index is 0.0264. The third kappa shape index (κ3) is 5.71. The minimum Gasteiger partial charge on any atom is -0.497 e. The summed E-state index contributed by atoms with van der Waals surface area (Å²) in [4.78, 5) is 19.6. The Kier molecular flexibility index (Phi) is 7.40. The number of nitrogens with one attached hydrogen (secondary N) is 2. The number of benzene rings is 2. The molecule has 2 N–H and O–H groups in total. The van der Waals surface area contributed by atoms with Crippen molar-refractivity contribution in [1.82, 2.24) is 10.3 Å². The van der Waals surface area contributed by atoms with Crippen LogP contribution in [0.15, 0.2) is 48.5 Å². The number of carbonyl (C=O) groups excluding carboxylic acids is 1. The SMILES string of the molecule is COc1cc(CC(=O)NC2CCC(Nc3cc(N(C)C)c4ccccc4n3)CC2)cc(OC)c1. The molecular formula is C27H34N4O3. The quantitative estimate of drug-likeness (QED) is 0.517. The van der Waals surface area contributed by atoms with Crippen molar-refractivity contribution >= 4 is 28.3 Å². The maximum Gasteiger partial charge on any atom is 0.224 e. The van der Waals surface area contributed by atoms with E-state index in [1.54, 1.807) is 14.2 Å². The first-order valence-electron chi connectivity index (χ1n) is 11.8. The fourth-order valence-electron chi connectivity index (χ4n) is 4.62. The van der Waals surface area contributed by atoms with Gasteiger partial charge in [0.05, 0.1) is 26.2 Å². The average molecular weight is 463 g/mol. The largest absolute Gasteiger partial charge is 0.497 e. The Morgan fingerprint density at radius 1 is 0.971 bits per heavy atom. The summed E-state index contributed by atoms with van der Waals surface area (Å²) in [6.07, 6.45) is 4.17. The number of nitrogens with zero attached hydrogens (tertiary/aromatic N) is 2. The van der Waals surface area contributed by atoms with Crippen LogP contribution in [0.25, 0.3) is 10.9 Å². The second kappa shape index (κ2) is 10.6. The molecule has 0 saturated heterocycles. The summed E-state index contributed by atoms with van der Waals surface area (Å²) >= 11 is 0. The number of anilines is 2. The monoisotopic (exact) mass is 462 g/mol. The Bertz CT molecular complexity index is 1120. The first kappa shape index (κ1) is 23.7. The molecule has 1 aromatic heterocycles. The first-order chi connectivity index (χ1) is 16.4. The highest BCUT2D eigenvalue weighted by atomic mass is 16.5. The molecule has 1 heterocycles. The van der Waals surface area contributed by atoms with Gasteiger partial charge in [-0.05, 0) is 49.4 Å². The molecule has 34 heavy (non-hydrogen) atoms. The predicted octanol–water partition coefficient (Wildman–Crippen LogP) is 4.40. The lowest BCUT2D eigenvalue weighted by Crippen LogP contribution is -2.40. The topological polar surface area (TPSA) is 75.7 Å². The fraction of sp³-hybridized carbons (Fsp3) is 0.407. The molecule has 0 radical (unpaired) electrons. The van der Waals surface area contributed by atoms with Gasteiger partial charge in [-0.1, -0.05) is 18.2 Å². The summed E-state index contributed by atoms with van der Waals surface area (Å²) in [5.74, 6) is 2.31. The van der Waals surface area contributed by atoms with Crippen molar-refractivity contribution in [3.8, 4) is 11.5 Å². The predicted molar refractivity (Wildman–Crippen MR) is 137 cm³/mol. The zero-order valence-electron chi connectivity index (χ0n) is 20.4. The van der Waals surface area contributed by atoms with E-state index in [-0.39, 0.29) is 11.9 Å². The van der Waals surface area contributed by atoms with E-state index in [4.69, 9.17) is 14.5 Å². The summed E-state index contributed by atoms with van der Waals surface area (Å²) in [5, 5.41) is 7.98. The molecule has 0 atom stereocenters. The molecule has 1 fully saturated rings. The van der Waals surface area contributed by atoms with E-state index in [9.17, 15) is 4.79 Å². The van der Waals surface area contributed by atoms with E-state index < -0.39 is 0 Å². The van der Waals surface area contributed by atoms with Crippen LogP contribution in [0.4, 0.5) is 11.5 Å². The van der Waals surface area contributed by atoms with Gasteiger partial charge in [-0.3, -0.25) is 4.79 Å². The molecule has 4 rings (SSSR count). The molecule has 3 aromatic rings. The van der Waals surface area contributed by atoms with Gasteiger partial charge in [-0.15, -0.1) is 0 Å². The van der Waals surface area contributed by atoms with Gasteiger partial charge in [-0.2, -0.15) is 0 Å². The van der Waals surface area contributed by atoms with Gasteiger partial charge in [-0.25, -0.2) is 4.98 Å². The normalized spacial score (nSPS) is 17.8. The number of amides is 1. The lowest BCUT2D eigenvalue weighted by atomic mass is 9.91. The van der Waals surface area contributed by atoms with Crippen molar-refractivity contribution < 1.29 is 14.3 Å². The Morgan fingerprint density at radius 3 is 2.26 bits per heavy atom. The lowest BCUT2D eigenvalue weighted by molar-refractivity contribution is -0.121. The van der Waals surface area contributed by atoms with E-state index in [0.717, 1.165) is 53.7 Å². The number of hydrogen-bond donors (Lipinski definition) is 2. The summed E-state index contributed by atoms with van der Waals surface area (Å²) in [6, 6.07) is 16.5. The molecule has 1 saturated carbocycles. The highest BCUT2D eigenvalue weighted by Gasteiger charge is 2.23. The van der Waals surface area contributed by atoms with Crippen molar-refractivity contribution in [2.24, 2.45) is 0 Å². The van der Waals surface area contributed by atoms with E-state index in [2.05, 4.69) is 47.8 Å². The molecule has 180 valence electrons. The van der Waals surface area contributed by atoms with Crippen LogP contribution in [0.5, 0.6) is 11.5 Å². The Hall–Kier alpha value is -3.48. The Morgan fingerprint density at radius 2 is 1.62 bits per heavy atom. The van der Waals surface area contributed by atoms with Crippen LogP contribution in [0.1, 0.15) is 31.2 Å². The highest BCUT2D eigenvalue weighted by molar-refractivity contribution is 5.93. The van der Waals surface area contributed by atoms with Gasteiger partial charge in [0.2, 0.25) is 5.91 Å². The number of methoxy groups -OCH3 is 2. The number of pyridine rings is 1. The Labute approximate surface area is 201 Å². The molecule has 0 aliphatic heterocycles. The maximum absolute atomic E-state index is 12.7. The molecule has 7 heteroatoms. The molecule has 0 unspecified atom stereocenters. The minimum absolute atomic E-state index is 0.0264. The third-order valence-electron chi connectivity index (χ3n) is 6.40. The van der Waals surface area contributed by atoms with Crippen LogP contribution >= 0.6 is 0 Å². The molecule has 1 aliphatic carbocycles. The first-order valence-corrected chi connectivity index (χ1v) is 11.8. The molecule has 0 spiro atoms. The van der Waals surface area contributed by atoms with Crippen LogP contribution in [-0.4, -0.2) is 51.3 Å². The number of carbonyl (C=O) groups is 1. The van der Waals surface area contributed by atoms with E-state index in [0.29, 0.717) is 24.0 Å². The van der Waals surface area contributed by atoms with Gasteiger partial charge in [0, 0.05) is 49.4 Å². The maximum atomic E-state index is 12.7. The van der Waals surface area contributed by atoms with Gasteiger partial charge in [0.1, 0.15) is 17.3 Å². The van der Waals surface area contributed by atoms with Crippen LogP contribution in [0.3, 0.4) is 0 Å². The standard InChI is InChI=1S/C27H34N4O3/c1-31(2)25-17-26(30-24-8-6-5-7-23(24)25)28-19-9-11-20(12-10-19)29-27(32)15-18-13-21(33-3)16-22(14-18)34-4/h5-8,13-14,16-17,19-20H,9-12,15H2,1-4H3,(H,28,30)(H,29,32). The molecular weight excluding hydrogens is 428 g/mol. The molecule has 1 aliphatic rings. The number of rotatable bonds is 8. The van der Waals surface area contributed by atoms with E-state index in [1.807, 2.05) is 30.3 Å². The zero-order chi connectivity index (χ0) is 24.1. The van der Waals surface area contributed by atoms with Crippen LogP contribution < -0.4 is 25.0 Å². The molecule has 1 amide bonds. The summed E-state index contributed by atoms with van der Waals surface area (Å²) in [7, 11) is 7.34. The van der Waals surface area contributed by atoms with Crippen molar-refractivity contribution in [2.45, 2.75) is 44.2 Å². The summed E-state index contributed by atoms with van der Waals surface area (Å²) in [5.41, 5.74) is 3.03. The third-order valence-corrected chi connectivity index (χ3v) is 6.40. The van der Waals surface area contributed by atoms with E-state index >= 15 is 0 Å². The van der Waals surface area contributed by atoms with Crippen molar-refractivity contribution in [3.63, 3.8) is 0 Å². The molecule has 7 nitrogen and oxygen atoms in total. The smallest absolute Gasteiger partial charge is 0.224 e. The van der Waals surface area contributed by atoms with Crippen LogP contribution in [0.2, 0.25) is 0 Å². The fourth-order valence-corrected chi connectivity index (χ4v) is 4.62. The number of ether oxygens (including phenoxy) is 2. The molecule has 0 bridgehead atoms. The highest BCUT2D eigenvalue weighted by Crippen LogP contribution is 2.29. The van der Waals surface area contributed by atoms with Gasteiger partial charge in [0.15, 0.2) is 0 Å². The van der Waals surface area contributed by atoms with E-state index in [1.165, 1.54) is 0 Å². The lowest BCUT2D eigenvalue weighted by Gasteiger charge is -2.30. The summed E-state index contributed by atoms with van der Waals surface area (Å²) < 4.78 is 10.6. The van der Waals surface area contributed by atoms with Gasteiger partial charge < -0.3 is 25.0 Å².